The van der Waals surface area contributed by atoms with Gasteiger partial charge in [-0.2, -0.15) is 8.42 Å². The number of phenolic OH excluding ortho intramolecular Hbond substituents is 1. The van der Waals surface area contributed by atoms with Crippen LogP contribution in [0, 0.1) is 18.6 Å². The quantitative estimate of drug-likeness (QED) is 0.0187. The van der Waals surface area contributed by atoms with E-state index in [1.165, 1.54) is 83.9 Å². The van der Waals surface area contributed by atoms with Crippen LogP contribution in [0.3, 0.4) is 0 Å². The molecule has 0 spiro atoms. The summed E-state index contributed by atoms with van der Waals surface area (Å²) in [5.41, 5.74) is 2.92. The molecule has 5 aromatic carbocycles. The Bertz CT molecular complexity index is 4220. The summed E-state index contributed by atoms with van der Waals surface area (Å²) in [6, 6.07) is 22.1. The maximum atomic E-state index is 14.5. The van der Waals surface area contributed by atoms with Crippen LogP contribution in [0.25, 0.3) is 21.8 Å². The van der Waals surface area contributed by atoms with Crippen LogP contribution in [0.15, 0.2) is 114 Å². The molecule has 2 aliphatic rings. The van der Waals surface area contributed by atoms with Crippen LogP contribution in [0.4, 0.5) is 17.6 Å². The first-order chi connectivity index (χ1) is 45.9. The predicted molar refractivity (Wildman–Crippen MR) is 354 cm³/mol. The number of hydrogen-bond acceptors (Lipinski definition) is 17. The third-order valence-corrected chi connectivity index (χ3v) is 20.7. The molecule has 2 fully saturated rings. The summed E-state index contributed by atoms with van der Waals surface area (Å²) in [5, 5.41) is 15.9. The standard InChI is InChI=1S/C29H33ClF2N3O7P.C24H22ClF2N3O4.C12H19O6PS/c1-4-41-43(39,42-5-2)17-40-21-9-10-22-23(18(3)36)15-34(25(22)12-21)16-27(37)35-14-20(31)11-26(35)29(38)33-13-19-7-6-8-24(30)28(19)32;1-13(31)18-11-29(20-8-16(32)5-6-17(18)20)12-22(33)30-10-15(26)7-21(30)24(34)28-9-14-3-2-4-19(25)23(14)27;1-4-16-19(13,17-5-2)10-18-20(14,15)12-8-6-11(3)7-9-12/h6-10,12,15,20,26H,4-5,11,13-14,16-17H2,1-3H3,(H,33,38);2-6,8,11,15,21,32H,7,9-10,12H2,1H3,(H,28,34);6-9H,4-5,10H2,1-3H3/t20-,26+;15-,21+;/m11./s1. The van der Waals surface area contributed by atoms with Crippen molar-refractivity contribution in [2.75, 3.05) is 52.2 Å². The third kappa shape index (κ3) is 20.1. The predicted octanol–water partition coefficient (Wildman–Crippen LogP) is 12.0. The Hall–Kier alpha value is -7.49. The van der Waals surface area contributed by atoms with E-state index in [1.807, 2.05) is 6.92 Å². The number of phenols is 1. The molecule has 0 aliphatic carbocycles. The minimum atomic E-state index is -3.98. The van der Waals surface area contributed by atoms with Gasteiger partial charge in [-0.1, -0.05) is 65.2 Å². The summed E-state index contributed by atoms with van der Waals surface area (Å²) in [6.07, 6.45) is -1.17. The van der Waals surface area contributed by atoms with E-state index in [1.54, 1.807) is 76.2 Å². The molecule has 9 rings (SSSR count). The minimum absolute atomic E-state index is 0.00245. The third-order valence-electron chi connectivity index (χ3n) is 15.2. The Morgan fingerprint density at radius 3 is 1.46 bits per heavy atom. The number of ketones is 2. The number of Topliss-reactive ketones (excluding diaryl/α,β-unsaturated/α-hetero) is 2. The summed E-state index contributed by atoms with van der Waals surface area (Å²) in [5.74, 6) is -3.82. The van der Waals surface area contributed by atoms with Crippen LogP contribution >= 0.6 is 38.4 Å². The molecule has 32 heteroatoms. The number of halogens is 6. The second-order valence-electron chi connectivity index (χ2n) is 22.2. The number of nitrogens with one attached hydrogen (secondary N) is 2. The lowest BCUT2D eigenvalue weighted by Gasteiger charge is -2.24. The van der Waals surface area contributed by atoms with Gasteiger partial charge in [0.25, 0.3) is 10.1 Å². The molecule has 4 atom stereocenters. The zero-order valence-corrected chi connectivity index (χ0v) is 58.1. The normalized spacial score (nSPS) is 16.3. The van der Waals surface area contributed by atoms with Gasteiger partial charge in [-0.25, -0.2) is 17.6 Å². The summed E-state index contributed by atoms with van der Waals surface area (Å²) < 4.78 is 140. The van der Waals surface area contributed by atoms with E-state index < -0.39 is 91.3 Å². The van der Waals surface area contributed by atoms with Gasteiger partial charge >= 0.3 is 15.2 Å². The highest BCUT2D eigenvalue weighted by atomic mass is 35.5. The van der Waals surface area contributed by atoms with E-state index in [9.17, 15) is 69.0 Å². The highest BCUT2D eigenvalue weighted by Crippen LogP contribution is 2.49. The number of aromatic hydroxyl groups is 1. The topological polar surface area (TPSA) is 287 Å². The van der Waals surface area contributed by atoms with Crippen molar-refractivity contribution in [3.05, 3.63) is 159 Å². The first kappa shape index (κ1) is 76.9. The lowest BCUT2D eigenvalue weighted by molar-refractivity contribution is -0.139. The first-order valence-electron chi connectivity index (χ1n) is 30.5. The van der Waals surface area contributed by atoms with Gasteiger partial charge in [0.2, 0.25) is 23.6 Å². The van der Waals surface area contributed by atoms with Crippen LogP contribution in [0.2, 0.25) is 10.0 Å². The van der Waals surface area contributed by atoms with Gasteiger partial charge in [0, 0.05) is 83.5 Å². The largest absolute Gasteiger partial charge is 0.508 e. The molecule has 3 N–H and O–H groups in total. The maximum Gasteiger partial charge on any atom is 0.367 e. The van der Waals surface area contributed by atoms with Gasteiger partial charge in [0.15, 0.2) is 24.3 Å². The van der Waals surface area contributed by atoms with Crippen LogP contribution < -0.4 is 15.4 Å². The number of benzene rings is 5. The Labute approximate surface area is 567 Å². The molecular formula is C65H74Cl2F4N6O17P2S. The SMILES string of the molecule is CC(=O)c1cn(CC(=O)N2C[C@H](F)C[C@H]2C(=O)NCc2cccc(Cl)c2F)c2cc(O)ccc12.CCOP(=O)(COS(=O)(=O)c1ccc(C)cc1)OCC.CCOP(=O)(COc1ccc2c(C(C)=O)cn(CC(=O)N3C[C@H](F)C[C@H]3C(=O)NCc3cccc(Cl)c3F)c2c1)OCC. The molecule has 97 heavy (non-hydrogen) atoms. The van der Waals surface area contributed by atoms with Crippen molar-refractivity contribution in [1.82, 2.24) is 29.6 Å². The Morgan fingerprint density at radius 1 is 0.608 bits per heavy atom. The number of hydrogen-bond donors (Lipinski definition) is 3. The van der Waals surface area contributed by atoms with Gasteiger partial charge in [-0.05, 0) is 97.0 Å². The second-order valence-corrected chi connectivity index (χ2v) is 28.6. The molecule has 524 valence electrons. The average molecular weight is 1450 g/mol. The number of nitrogens with zero attached hydrogens (tertiary/aromatic N) is 4. The van der Waals surface area contributed by atoms with Crippen molar-refractivity contribution in [1.29, 1.82) is 0 Å². The van der Waals surface area contributed by atoms with Crippen molar-refractivity contribution >= 4 is 106 Å². The van der Waals surface area contributed by atoms with E-state index in [4.69, 9.17) is 50.2 Å². The molecule has 0 saturated carbocycles. The summed E-state index contributed by atoms with van der Waals surface area (Å²) >= 11 is 11.6. The number of rotatable bonds is 27. The molecule has 2 saturated heterocycles. The molecule has 0 unspecified atom stereocenters. The monoisotopic (exact) mass is 1450 g/mol. The van der Waals surface area contributed by atoms with E-state index in [0.717, 1.165) is 15.4 Å². The summed E-state index contributed by atoms with van der Waals surface area (Å²) in [6.45, 7) is 10.4. The van der Waals surface area contributed by atoms with Crippen LogP contribution in [0.1, 0.15) is 91.8 Å². The molecule has 2 aliphatic heterocycles. The molecule has 23 nitrogen and oxygen atoms in total. The minimum Gasteiger partial charge on any atom is -0.508 e. The highest BCUT2D eigenvalue weighted by Gasteiger charge is 2.42. The van der Waals surface area contributed by atoms with Crippen molar-refractivity contribution in [3.8, 4) is 11.5 Å². The number of alkyl halides is 2. The average Bonchev–Trinajstić information content (AvgIpc) is 1.64. The first-order valence-corrected chi connectivity index (χ1v) is 36.2. The Kier molecular flexibility index (Phi) is 27.2. The molecule has 2 aromatic heterocycles. The van der Waals surface area contributed by atoms with Crippen LogP contribution in [-0.2, 0) is 86.9 Å². The van der Waals surface area contributed by atoms with Crippen molar-refractivity contribution in [2.45, 2.75) is 117 Å². The molecule has 7 aromatic rings. The second kappa shape index (κ2) is 34.3. The van der Waals surface area contributed by atoms with Gasteiger partial charge in [0.1, 0.15) is 60.7 Å². The number of likely N-dealkylation sites (tertiary alicyclic amines) is 2. The molecule has 0 radical (unpaired) electrons. The number of fused-ring (bicyclic) bond motifs is 2. The fourth-order valence-electron chi connectivity index (χ4n) is 10.6. The highest BCUT2D eigenvalue weighted by molar-refractivity contribution is 7.87. The Morgan fingerprint density at radius 2 is 1.03 bits per heavy atom. The fourth-order valence-corrected chi connectivity index (χ4v) is 15.0. The number of carbonyl (C=O) groups excluding carboxylic acids is 6. The van der Waals surface area contributed by atoms with Crippen molar-refractivity contribution < 1.29 is 96.0 Å². The zero-order valence-electron chi connectivity index (χ0n) is 53.9. The van der Waals surface area contributed by atoms with Gasteiger partial charge in [0.05, 0.1) is 65.5 Å². The Balaban J connectivity index is 0.000000219. The van der Waals surface area contributed by atoms with Crippen LogP contribution in [0.5, 0.6) is 11.5 Å². The molecule has 4 heterocycles. The van der Waals surface area contributed by atoms with Gasteiger partial charge < -0.3 is 57.5 Å². The number of amides is 4. The molecular weight excluding hydrogens is 1380 g/mol. The van der Waals surface area contributed by atoms with Crippen LogP contribution in [-0.4, -0.2) is 144 Å². The zero-order chi connectivity index (χ0) is 71.1. The number of aryl methyl sites for hydroxylation is 1. The molecule has 0 bridgehead atoms. The van der Waals surface area contributed by atoms with Gasteiger partial charge in [-0.3, -0.25) is 42.1 Å². The fraction of sp³-hybridized carbons (Fsp3) is 0.385. The summed E-state index contributed by atoms with van der Waals surface area (Å²) in [7, 11) is -11.0. The lowest BCUT2D eigenvalue weighted by Crippen LogP contribution is -2.46. The van der Waals surface area contributed by atoms with Crippen molar-refractivity contribution in [3.63, 3.8) is 0 Å². The molecule has 4 amide bonds. The number of aromatic nitrogens is 2. The lowest BCUT2D eigenvalue weighted by atomic mass is 10.1. The van der Waals surface area contributed by atoms with E-state index in [0.29, 0.717) is 38.7 Å². The van der Waals surface area contributed by atoms with Gasteiger partial charge in [-0.15, -0.1) is 0 Å². The van der Waals surface area contributed by atoms with E-state index in [-0.39, 0.29) is 128 Å². The maximum absolute atomic E-state index is 14.5. The van der Waals surface area contributed by atoms with E-state index >= 15 is 0 Å². The number of ether oxygens (including phenoxy) is 1. The summed E-state index contributed by atoms with van der Waals surface area (Å²) in [4.78, 5) is 79.0. The smallest absolute Gasteiger partial charge is 0.367 e. The van der Waals surface area contributed by atoms with E-state index in [2.05, 4.69) is 10.6 Å². The number of carbonyl (C=O) groups is 6. The van der Waals surface area contributed by atoms with Crippen molar-refractivity contribution in [2.24, 2.45) is 0 Å².